The smallest absolute Gasteiger partial charge is 0.129 e. The predicted octanol–water partition coefficient (Wildman–Crippen LogP) is 4.11. The maximum absolute atomic E-state index is 6.24. The Morgan fingerprint density at radius 3 is 2.55 bits per heavy atom. The van der Waals surface area contributed by atoms with E-state index in [1.54, 1.807) is 6.20 Å². The number of pyridine rings is 1. The van der Waals surface area contributed by atoms with E-state index in [9.17, 15) is 0 Å². The molecule has 0 bridgehead atoms. The number of anilines is 1. The van der Waals surface area contributed by atoms with E-state index in [4.69, 9.17) is 11.6 Å². The van der Waals surface area contributed by atoms with Crippen molar-refractivity contribution < 1.29 is 0 Å². The zero-order chi connectivity index (χ0) is 15.1. The summed E-state index contributed by atoms with van der Waals surface area (Å²) in [6.07, 6.45) is 2.90. The summed E-state index contributed by atoms with van der Waals surface area (Å²) >= 11 is 6.24. The molecule has 20 heavy (non-hydrogen) atoms. The third-order valence-electron chi connectivity index (χ3n) is 3.14. The van der Waals surface area contributed by atoms with Crippen LogP contribution in [0.25, 0.3) is 0 Å². The molecule has 0 atom stereocenters. The summed E-state index contributed by atoms with van der Waals surface area (Å²) in [6.45, 7) is 13.8. The van der Waals surface area contributed by atoms with E-state index in [0.717, 1.165) is 42.5 Å². The highest BCUT2D eigenvalue weighted by atomic mass is 35.5. The first-order chi connectivity index (χ1) is 9.45. The van der Waals surface area contributed by atoms with Crippen LogP contribution in [0.5, 0.6) is 0 Å². The second-order valence-electron chi connectivity index (χ2n) is 5.95. The van der Waals surface area contributed by atoms with Crippen molar-refractivity contribution in [2.45, 2.75) is 53.6 Å². The van der Waals surface area contributed by atoms with Crippen molar-refractivity contribution >= 4 is 17.4 Å². The van der Waals surface area contributed by atoms with Crippen molar-refractivity contribution in [3.8, 4) is 0 Å². The Morgan fingerprint density at radius 2 is 2.00 bits per heavy atom. The molecule has 1 rings (SSSR count). The first-order valence-corrected chi connectivity index (χ1v) is 7.95. The average molecular weight is 298 g/mol. The van der Waals surface area contributed by atoms with Gasteiger partial charge in [0.2, 0.25) is 0 Å². The fourth-order valence-electron chi connectivity index (χ4n) is 2.12. The van der Waals surface area contributed by atoms with Gasteiger partial charge in [-0.3, -0.25) is 0 Å². The first kappa shape index (κ1) is 17.3. The molecule has 114 valence electrons. The molecule has 0 fully saturated rings. The lowest BCUT2D eigenvalue weighted by molar-refractivity contribution is 0.565. The number of nitrogens with one attached hydrogen (secondary N) is 1. The highest BCUT2D eigenvalue weighted by molar-refractivity contribution is 6.31. The maximum Gasteiger partial charge on any atom is 0.129 e. The van der Waals surface area contributed by atoms with Gasteiger partial charge in [-0.2, -0.15) is 0 Å². The van der Waals surface area contributed by atoms with Crippen LogP contribution in [0.2, 0.25) is 5.02 Å². The highest BCUT2D eigenvalue weighted by Gasteiger charge is 2.15. The molecule has 0 unspecified atom stereocenters. The van der Waals surface area contributed by atoms with Gasteiger partial charge in [-0.15, -0.1) is 0 Å². The zero-order valence-corrected chi connectivity index (χ0v) is 14.2. The highest BCUT2D eigenvalue weighted by Crippen LogP contribution is 2.22. The number of hydrogen-bond acceptors (Lipinski definition) is 3. The third kappa shape index (κ3) is 5.29. The van der Waals surface area contributed by atoms with Crippen molar-refractivity contribution in [1.29, 1.82) is 0 Å². The molecule has 1 N–H and O–H groups in total. The van der Waals surface area contributed by atoms with Gasteiger partial charge in [0.15, 0.2) is 0 Å². The quantitative estimate of drug-likeness (QED) is 0.732. The van der Waals surface area contributed by atoms with E-state index >= 15 is 0 Å². The van der Waals surface area contributed by atoms with Crippen LogP contribution in [0.4, 0.5) is 5.82 Å². The van der Waals surface area contributed by atoms with Gasteiger partial charge in [0.1, 0.15) is 5.82 Å². The van der Waals surface area contributed by atoms with Crippen molar-refractivity contribution in [2.75, 3.05) is 18.0 Å². The molecular weight excluding hydrogens is 270 g/mol. The minimum absolute atomic E-state index is 0.433. The third-order valence-corrected chi connectivity index (χ3v) is 3.48. The zero-order valence-electron chi connectivity index (χ0n) is 13.4. The molecule has 0 spiro atoms. The van der Waals surface area contributed by atoms with E-state index in [1.165, 1.54) is 0 Å². The number of rotatable bonds is 8. The van der Waals surface area contributed by atoms with E-state index in [2.05, 4.69) is 55.9 Å². The van der Waals surface area contributed by atoms with Crippen LogP contribution < -0.4 is 10.2 Å². The Bertz CT molecular complexity index is 405. The van der Waals surface area contributed by atoms with Crippen LogP contribution in [0.3, 0.4) is 0 Å². The summed E-state index contributed by atoms with van der Waals surface area (Å²) in [7, 11) is 0. The van der Waals surface area contributed by atoms with Crippen molar-refractivity contribution in [3.05, 3.63) is 22.8 Å². The van der Waals surface area contributed by atoms with Gasteiger partial charge < -0.3 is 10.2 Å². The molecule has 1 aromatic rings. The van der Waals surface area contributed by atoms with Gasteiger partial charge in [-0.05, 0) is 44.4 Å². The van der Waals surface area contributed by atoms with Crippen LogP contribution in [0.15, 0.2) is 12.3 Å². The van der Waals surface area contributed by atoms with E-state index < -0.39 is 0 Å². The van der Waals surface area contributed by atoms with Gasteiger partial charge >= 0.3 is 0 Å². The minimum Gasteiger partial charge on any atom is -0.354 e. The van der Waals surface area contributed by atoms with Crippen LogP contribution in [-0.2, 0) is 6.54 Å². The number of hydrogen-bond donors (Lipinski definition) is 1. The van der Waals surface area contributed by atoms with E-state index in [-0.39, 0.29) is 0 Å². The molecule has 0 aliphatic rings. The normalized spacial score (nSPS) is 11.4. The van der Waals surface area contributed by atoms with Crippen molar-refractivity contribution in [2.24, 2.45) is 5.92 Å². The lowest BCUT2D eigenvalue weighted by atomic mass is 10.1. The molecule has 1 aromatic heterocycles. The topological polar surface area (TPSA) is 28.2 Å². The molecule has 0 saturated heterocycles. The fourth-order valence-corrected chi connectivity index (χ4v) is 2.29. The summed E-state index contributed by atoms with van der Waals surface area (Å²) in [5.41, 5.74) is 1.12. The molecule has 0 radical (unpaired) electrons. The van der Waals surface area contributed by atoms with E-state index in [1.807, 2.05) is 0 Å². The SMILES string of the molecule is CCCNCc1cc(N(CC(C)C)C(C)C)ncc1Cl. The second-order valence-corrected chi connectivity index (χ2v) is 6.36. The molecule has 0 aliphatic carbocycles. The molecule has 0 aliphatic heterocycles. The fraction of sp³-hybridized carbons (Fsp3) is 0.688. The monoisotopic (exact) mass is 297 g/mol. The van der Waals surface area contributed by atoms with Crippen LogP contribution >= 0.6 is 11.6 Å². The second kappa shape index (κ2) is 8.48. The van der Waals surface area contributed by atoms with Crippen molar-refractivity contribution in [1.82, 2.24) is 10.3 Å². The van der Waals surface area contributed by atoms with Crippen LogP contribution in [0, 0.1) is 5.92 Å². The predicted molar refractivity (Wildman–Crippen MR) is 88.6 cm³/mol. The van der Waals surface area contributed by atoms with Gasteiger partial charge in [-0.1, -0.05) is 32.4 Å². The molecule has 0 saturated carbocycles. The molecule has 0 aromatic carbocycles. The lowest BCUT2D eigenvalue weighted by Gasteiger charge is -2.30. The largest absolute Gasteiger partial charge is 0.354 e. The number of nitrogens with zero attached hydrogens (tertiary/aromatic N) is 2. The first-order valence-electron chi connectivity index (χ1n) is 7.57. The van der Waals surface area contributed by atoms with Crippen LogP contribution in [-0.4, -0.2) is 24.1 Å². The van der Waals surface area contributed by atoms with Gasteiger partial charge in [0, 0.05) is 25.3 Å². The molecule has 0 amide bonds. The van der Waals surface area contributed by atoms with E-state index in [0.29, 0.717) is 12.0 Å². The van der Waals surface area contributed by atoms with Crippen molar-refractivity contribution in [3.63, 3.8) is 0 Å². The van der Waals surface area contributed by atoms with Crippen LogP contribution in [0.1, 0.15) is 46.6 Å². The Labute approximate surface area is 128 Å². The summed E-state index contributed by atoms with van der Waals surface area (Å²) in [4.78, 5) is 6.85. The molecule has 4 heteroatoms. The number of halogens is 1. The summed E-state index contributed by atoms with van der Waals surface area (Å²) in [5, 5.41) is 4.14. The molecule has 1 heterocycles. The summed E-state index contributed by atoms with van der Waals surface area (Å²) in [6, 6.07) is 2.55. The van der Waals surface area contributed by atoms with Gasteiger partial charge in [0.25, 0.3) is 0 Å². The Morgan fingerprint density at radius 1 is 1.30 bits per heavy atom. The Balaban J connectivity index is 2.90. The van der Waals surface area contributed by atoms with Gasteiger partial charge in [0.05, 0.1) is 5.02 Å². The Kier molecular flexibility index (Phi) is 7.31. The lowest BCUT2D eigenvalue weighted by Crippen LogP contribution is -2.35. The standard InChI is InChI=1S/C16H28ClN3/c1-6-7-18-9-14-8-16(19-10-15(14)17)20(13(4)5)11-12(2)3/h8,10,12-13,18H,6-7,9,11H2,1-5H3. The summed E-state index contributed by atoms with van der Waals surface area (Å²) in [5.74, 6) is 1.63. The molecule has 3 nitrogen and oxygen atoms in total. The molecular formula is C16H28ClN3. The van der Waals surface area contributed by atoms with Gasteiger partial charge in [-0.25, -0.2) is 4.98 Å². The average Bonchev–Trinajstić information content (AvgIpc) is 2.38. The summed E-state index contributed by atoms with van der Waals surface area (Å²) < 4.78 is 0. The Hall–Kier alpha value is -0.800. The maximum atomic E-state index is 6.24. The minimum atomic E-state index is 0.433. The number of aromatic nitrogens is 1.